The molecule has 1 amide bonds. The molecule has 0 radical (unpaired) electrons. The zero-order valence-electron chi connectivity index (χ0n) is 11.5. The second-order valence-corrected chi connectivity index (χ2v) is 6.20. The summed E-state index contributed by atoms with van der Waals surface area (Å²) in [6.45, 7) is 1.03. The molecule has 0 saturated heterocycles. The average Bonchev–Trinajstić information content (AvgIpc) is 2.94. The molecule has 1 heterocycles. The van der Waals surface area contributed by atoms with Crippen LogP contribution in [0.4, 0.5) is 10.8 Å². The number of benzene rings is 1. The third-order valence-electron chi connectivity index (χ3n) is 2.39. The van der Waals surface area contributed by atoms with Crippen molar-refractivity contribution < 1.29 is 9.53 Å². The van der Waals surface area contributed by atoms with Crippen molar-refractivity contribution in [1.82, 2.24) is 15.5 Å². The summed E-state index contributed by atoms with van der Waals surface area (Å²) in [6.07, 6.45) is 0. The van der Waals surface area contributed by atoms with E-state index in [0.717, 1.165) is 10.0 Å². The summed E-state index contributed by atoms with van der Waals surface area (Å²) >= 11 is 2.79. The third kappa shape index (κ3) is 5.70. The SMILES string of the molecule is COCCNC(=O)CSc1nnc(Nc2ccccc2)s1. The molecular formula is C13H16N4O2S2. The van der Waals surface area contributed by atoms with Gasteiger partial charge in [-0.1, -0.05) is 41.3 Å². The Morgan fingerprint density at radius 1 is 1.33 bits per heavy atom. The molecule has 0 spiro atoms. The van der Waals surface area contributed by atoms with E-state index in [1.165, 1.54) is 23.1 Å². The van der Waals surface area contributed by atoms with E-state index in [0.29, 0.717) is 24.0 Å². The maximum Gasteiger partial charge on any atom is 0.230 e. The van der Waals surface area contributed by atoms with Crippen LogP contribution in [0.15, 0.2) is 34.7 Å². The van der Waals surface area contributed by atoms with Gasteiger partial charge in [-0.3, -0.25) is 4.79 Å². The van der Waals surface area contributed by atoms with Gasteiger partial charge in [-0.25, -0.2) is 0 Å². The zero-order chi connectivity index (χ0) is 14.9. The highest BCUT2D eigenvalue weighted by Gasteiger charge is 2.08. The number of hydrogen-bond acceptors (Lipinski definition) is 7. The van der Waals surface area contributed by atoms with E-state index in [2.05, 4.69) is 20.8 Å². The van der Waals surface area contributed by atoms with Gasteiger partial charge in [0.05, 0.1) is 12.4 Å². The van der Waals surface area contributed by atoms with Gasteiger partial charge in [0, 0.05) is 19.3 Å². The lowest BCUT2D eigenvalue weighted by Crippen LogP contribution is -2.28. The Hall–Kier alpha value is -1.64. The average molecular weight is 324 g/mol. The molecule has 0 fully saturated rings. The molecule has 0 aliphatic rings. The number of carbonyl (C=O) groups excluding carboxylic acids is 1. The van der Waals surface area contributed by atoms with Gasteiger partial charge in [0.15, 0.2) is 4.34 Å². The Kier molecular flexibility index (Phi) is 6.45. The van der Waals surface area contributed by atoms with Crippen LogP contribution >= 0.6 is 23.1 Å². The highest BCUT2D eigenvalue weighted by Crippen LogP contribution is 2.27. The van der Waals surface area contributed by atoms with E-state index >= 15 is 0 Å². The van der Waals surface area contributed by atoms with E-state index in [1.807, 2.05) is 30.3 Å². The molecule has 6 nitrogen and oxygen atoms in total. The third-order valence-corrected chi connectivity index (χ3v) is 4.36. The number of ether oxygens (including phenoxy) is 1. The number of anilines is 2. The van der Waals surface area contributed by atoms with Gasteiger partial charge in [0.1, 0.15) is 0 Å². The van der Waals surface area contributed by atoms with E-state index < -0.39 is 0 Å². The first kappa shape index (κ1) is 15.7. The summed E-state index contributed by atoms with van der Waals surface area (Å²) in [6, 6.07) is 9.76. The minimum atomic E-state index is -0.0372. The van der Waals surface area contributed by atoms with Crippen molar-refractivity contribution in [3.8, 4) is 0 Å². The molecule has 112 valence electrons. The Morgan fingerprint density at radius 3 is 2.90 bits per heavy atom. The molecule has 1 aromatic carbocycles. The van der Waals surface area contributed by atoms with Crippen molar-refractivity contribution in [3.05, 3.63) is 30.3 Å². The minimum absolute atomic E-state index is 0.0372. The van der Waals surface area contributed by atoms with Gasteiger partial charge in [-0.05, 0) is 12.1 Å². The lowest BCUT2D eigenvalue weighted by atomic mass is 10.3. The summed E-state index contributed by atoms with van der Waals surface area (Å²) < 4.78 is 5.62. The Morgan fingerprint density at radius 2 is 2.14 bits per heavy atom. The first-order valence-electron chi connectivity index (χ1n) is 6.32. The lowest BCUT2D eigenvalue weighted by Gasteiger charge is -2.02. The summed E-state index contributed by atoms with van der Waals surface area (Å²) in [7, 11) is 1.60. The van der Waals surface area contributed by atoms with Crippen LogP contribution in [0.5, 0.6) is 0 Å². The van der Waals surface area contributed by atoms with E-state index in [4.69, 9.17) is 4.74 Å². The molecular weight excluding hydrogens is 308 g/mol. The summed E-state index contributed by atoms with van der Waals surface area (Å²) in [5, 5.41) is 14.7. The van der Waals surface area contributed by atoms with E-state index in [1.54, 1.807) is 7.11 Å². The molecule has 2 rings (SSSR count). The van der Waals surface area contributed by atoms with Crippen molar-refractivity contribution in [2.45, 2.75) is 4.34 Å². The number of methoxy groups -OCH3 is 1. The molecule has 21 heavy (non-hydrogen) atoms. The van der Waals surface area contributed by atoms with Gasteiger partial charge < -0.3 is 15.4 Å². The molecule has 0 unspecified atom stereocenters. The normalized spacial score (nSPS) is 10.3. The molecule has 2 N–H and O–H groups in total. The fourth-order valence-electron chi connectivity index (χ4n) is 1.43. The van der Waals surface area contributed by atoms with Crippen LogP contribution < -0.4 is 10.6 Å². The van der Waals surface area contributed by atoms with Crippen molar-refractivity contribution in [2.24, 2.45) is 0 Å². The first-order valence-corrected chi connectivity index (χ1v) is 8.12. The number of nitrogens with one attached hydrogen (secondary N) is 2. The largest absolute Gasteiger partial charge is 0.383 e. The predicted octanol–water partition coefficient (Wildman–Crippen LogP) is 2.14. The molecule has 0 bridgehead atoms. The van der Waals surface area contributed by atoms with Crippen LogP contribution in [0.3, 0.4) is 0 Å². The van der Waals surface area contributed by atoms with Crippen molar-refractivity contribution >= 4 is 39.8 Å². The molecule has 0 aliphatic heterocycles. The first-order chi connectivity index (χ1) is 10.3. The van der Waals surface area contributed by atoms with Crippen LogP contribution in [-0.2, 0) is 9.53 Å². The smallest absolute Gasteiger partial charge is 0.230 e. The molecule has 0 atom stereocenters. The molecule has 2 aromatic rings. The molecule has 0 saturated carbocycles. The maximum atomic E-state index is 11.5. The lowest BCUT2D eigenvalue weighted by molar-refractivity contribution is -0.118. The second kappa shape index (κ2) is 8.60. The molecule has 0 aliphatic carbocycles. The summed E-state index contributed by atoms with van der Waals surface area (Å²) in [4.78, 5) is 11.5. The van der Waals surface area contributed by atoms with Crippen molar-refractivity contribution in [3.63, 3.8) is 0 Å². The number of para-hydroxylation sites is 1. The van der Waals surface area contributed by atoms with Gasteiger partial charge in [0.25, 0.3) is 0 Å². The number of aromatic nitrogens is 2. The number of carbonyl (C=O) groups is 1. The van der Waals surface area contributed by atoms with Crippen LogP contribution in [0, 0.1) is 0 Å². The fourth-order valence-corrected chi connectivity index (χ4v) is 3.04. The number of amides is 1. The Balaban J connectivity index is 1.77. The molecule has 1 aromatic heterocycles. The standard InChI is InChI=1S/C13H16N4O2S2/c1-19-8-7-14-11(18)9-20-13-17-16-12(21-13)15-10-5-3-2-4-6-10/h2-6H,7-9H2,1H3,(H,14,18)(H,15,16). The van der Waals surface area contributed by atoms with Gasteiger partial charge in [-0.15, -0.1) is 10.2 Å². The van der Waals surface area contributed by atoms with Crippen LogP contribution in [0.1, 0.15) is 0 Å². The Bertz CT molecular complexity index is 562. The van der Waals surface area contributed by atoms with Crippen molar-refractivity contribution in [1.29, 1.82) is 0 Å². The number of thioether (sulfide) groups is 1. The van der Waals surface area contributed by atoms with E-state index in [9.17, 15) is 4.79 Å². The predicted molar refractivity (Wildman–Crippen MR) is 85.2 cm³/mol. The summed E-state index contributed by atoms with van der Waals surface area (Å²) in [5.41, 5.74) is 0.961. The topological polar surface area (TPSA) is 76.1 Å². The van der Waals surface area contributed by atoms with Crippen LogP contribution in [0.2, 0.25) is 0 Å². The highest BCUT2D eigenvalue weighted by atomic mass is 32.2. The minimum Gasteiger partial charge on any atom is -0.383 e. The zero-order valence-corrected chi connectivity index (χ0v) is 13.2. The van der Waals surface area contributed by atoms with Crippen LogP contribution in [-0.4, -0.2) is 42.1 Å². The molecule has 8 heteroatoms. The van der Waals surface area contributed by atoms with Crippen LogP contribution in [0.25, 0.3) is 0 Å². The van der Waals surface area contributed by atoms with Gasteiger partial charge >= 0.3 is 0 Å². The van der Waals surface area contributed by atoms with Gasteiger partial charge in [-0.2, -0.15) is 0 Å². The maximum absolute atomic E-state index is 11.5. The number of hydrogen-bond donors (Lipinski definition) is 2. The van der Waals surface area contributed by atoms with E-state index in [-0.39, 0.29) is 5.91 Å². The van der Waals surface area contributed by atoms with Gasteiger partial charge in [0.2, 0.25) is 11.0 Å². The number of rotatable bonds is 8. The number of nitrogens with zero attached hydrogens (tertiary/aromatic N) is 2. The van der Waals surface area contributed by atoms with Crippen molar-refractivity contribution in [2.75, 3.05) is 31.3 Å². The fraction of sp³-hybridized carbons (Fsp3) is 0.308. The summed E-state index contributed by atoms with van der Waals surface area (Å²) in [5.74, 6) is 0.286. The Labute approximate surface area is 131 Å². The second-order valence-electron chi connectivity index (χ2n) is 4.00. The quantitative estimate of drug-likeness (QED) is 0.572. The highest BCUT2D eigenvalue weighted by molar-refractivity contribution is 8.01. The monoisotopic (exact) mass is 324 g/mol.